The monoisotopic (exact) mass is 334 g/mol. The Kier molecular flexibility index (Phi) is 8.54. The molecule has 120 valence electrons. The average Bonchev–Trinajstić information content (AvgIpc) is 2.44. The number of hydrogen-bond acceptors (Lipinski definition) is 4. The molecule has 21 heavy (non-hydrogen) atoms. The molecule has 0 saturated carbocycles. The molecule has 0 aliphatic heterocycles. The Morgan fingerprint density at radius 2 is 1.90 bits per heavy atom. The highest BCUT2D eigenvalue weighted by Gasteiger charge is 2.21. The fourth-order valence-corrected chi connectivity index (χ4v) is 3.29. The predicted octanol–water partition coefficient (Wildman–Crippen LogP) is 1.63. The zero-order valence-electron chi connectivity index (χ0n) is 12.5. The SMILES string of the molecule is CCCS(=O)(=O)c1ccccc1C(=O)NCC(C)NC.Cl. The summed E-state index contributed by atoms with van der Waals surface area (Å²) in [6.07, 6.45) is 0.523. The van der Waals surface area contributed by atoms with Gasteiger partial charge in [-0.1, -0.05) is 19.1 Å². The number of sulfone groups is 1. The van der Waals surface area contributed by atoms with Gasteiger partial charge in [0.1, 0.15) is 0 Å². The Labute approximate surface area is 132 Å². The molecule has 5 nitrogen and oxygen atoms in total. The maximum atomic E-state index is 12.2. The Morgan fingerprint density at radius 1 is 1.29 bits per heavy atom. The van der Waals surface area contributed by atoms with Crippen molar-refractivity contribution in [3.05, 3.63) is 29.8 Å². The van der Waals surface area contributed by atoms with E-state index in [4.69, 9.17) is 0 Å². The average molecular weight is 335 g/mol. The van der Waals surface area contributed by atoms with Crippen LogP contribution in [0.5, 0.6) is 0 Å². The molecular formula is C14H23ClN2O3S. The summed E-state index contributed by atoms with van der Waals surface area (Å²) in [4.78, 5) is 12.2. The lowest BCUT2D eigenvalue weighted by molar-refractivity contribution is 0.0947. The maximum absolute atomic E-state index is 12.2. The van der Waals surface area contributed by atoms with Crippen LogP contribution in [-0.2, 0) is 9.84 Å². The minimum Gasteiger partial charge on any atom is -0.350 e. The number of hydrogen-bond donors (Lipinski definition) is 2. The number of rotatable bonds is 7. The zero-order valence-corrected chi connectivity index (χ0v) is 14.2. The molecule has 0 bridgehead atoms. The molecule has 0 saturated heterocycles. The van der Waals surface area contributed by atoms with E-state index < -0.39 is 9.84 Å². The van der Waals surface area contributed by atoms with E-state index in [1.807, 2.05) is 6.92 Å². The van der Waals surface area contributed by atoms with Crippen LogP contribution >= 0.6 is 12.4 Å². The van der Waals surface area contributed by atoms with E-state index >= 15 is 0 Å². The summed E-state index contributed by atoms with van der Waals surface area (Å²) in [5, 5.41) is 5.74. The molecule has 0 spiro atoms. The molecule has 1 amide bonds. The number of benzene rings is 1. The molecule has 0 aliphatic rings. The Bertz CT molecular complexity index is 561. The van der Waals surface area contributed by atoms with E-state index in [0.29, 0.717) is 13.0 Å². The van der Waals surface area contributed by atoms with Crippen LogP contribution in [0.4, 0.5) is 0 Å². The smallest absolute Gasteiger partial charge is 0.252 e. The van der Waals surface area contributed by atoms with Crippen molar-refractivity contribution in [2.75, 3.05) is 19.3 Å². The van der Waals surface area contributed by atoms with Gasteiger partial charge in [0.25, 0.3) is 5.91 Å². The fourth-order valence-electron chi connectivity index (χ4n) is 1.75. The molecular weight excluding hydrogens is 312 g/mol. The van der Waals surface area contributed by atoms with Gasteiger partial charge in [0.15, 0.2) is 9.84 Å². The van der Waals surface area contributed by atoms with Gasteiger partial charge in [0, 0.05) is 12.6 Å². The molecule has 7 heteroatoms. The molecule has 0 heterocycles. The van der Waals surface area contributed by atoms with Gasteiger partial charge in [-0.15, -0.1) is 12.4 Å². The molecule has 1 aromatic carbocycles. The number of nitrogens with one attached hydrogen (secondary N) is 2. The molecule has 0 aliphatic carbocycles. The second-order valence-electron chi connectivity index (χ2n) is 4.71. The fraction of sp³-hybridized carbons (Fsp3) is 0.500. The third-order valence-corrected chi connectivity index (χ3v) is 4.97. The van der Waals surface area contributed by atoms with Crippen molar-refractivity contribution in [3.63, 3.8) is 0 Å². The van der Waals surface area contributed by atoms with Crippen molar-refractivity contribution in [1.82, 2.24) is 10.6 Å². The van der Waals surface area contributed by atoms with Crippen LogP contribution in [0.1, 0.15) is 30.6 Å². The molecule has 1 unspecified atom stereocenters. The van der Waals surface area contributed by atoms with E-state index in [0.717, 1.165) is 0 Å². The second kappa shape index (κ2) is 9.02. The van der Waals surface area contributed by atoms with Crippen LogP contribution in [0.25, 0.3) is 0 Å². The first kappa shape index (κ1) is 19.9. The topological polar surface area (TPSA) is 75.3 Å². The molecule has 0 radical (unpaired) electrons. The van der Waals surface area contributed by atoms with Crippen LogP contribution < -0.4 is 10.6 Å². The number of halogens is 1. The lowest BCUT2D eigenvalue weighted by Gasteiger charge is -2.13. The Hall–Kier alpha value is -1.11. The van der Waals surface area contributed by atoms with Gasteiger partial charge >= 0.3 is 0 Å². The highest BCUT2D eigenvalue weighted by atomic mass is 35.5. The summed E-state index contributed by atoms with van der Waals surface area (Å²) in [6.45, 7) is 4.17. The van der Waals surface area contributed by atoms with E-state index in [2.05, 4.69) is 10.6 Å². The summed E-state index contributed by atoms with van der Waals surface area (Å²) >= 11 is 0. The lowest BCUT2D eigenvalue weighted by atomic mass is 10.2. The van der Waals surface area contributed by atoms with Crippen LogP contribution in [0.15, 0.2) is 29.2 Å². The molecule has 2 N–H and O–H groups in total. The van der Waals surface area contributed by atoms with Crippen molar-refractivity contribution < 1.29 is 13.2 Å². The van der Waals surface area contributed by atoms with Crippen molar-refractivity contribution >= 4 is 28.2 Å². The molecule has 0 fully saturated rings. The van der Waals surface area contributed by atoms with Gasteiger partial charge in [0.05, 0.1) is 16.2 Å². The van der Waals surface area contributed by atoms with Crippen LogP contribution in [-0.4, -0.2) is 39.7 Å². The third-order valence-electron chi connectivity index (χ3n) is 3.00. The largest absolute Gasteiger partial charge is 0.350 e. The van der Waals surface area contributed by atoms with Gasteiger partial charge in [-0.3, -0.25) is 4.79 Å². The Balaban J connectivity index is 0.00000400. The zero-order chi connectivity index (χ0) is 15.2. The molecule has 0 aromatic heterocycles. The predicted molar refractivity (Wildman–Crippen MR) is 86.9 cm³/mol. The molecule has 1 rings (SSSR count). The van der Waals surface area contributed by atoms with Gasteiger partial charge < -0.3 is 10.6 Å². The van der Waals surface area contributed by atoms with E-state index in [1.165, 1.54) is 6.07 Å². The molecule has 1 atom stereocenters. The minimum atomic E-state index is -3.41. The summed E-state index contributed by atoms with van der Waals surface area (Å²) in [5.41, 5.74) is 0.212. The first-order chi connectivity index (χ1) is 9.42. The normalized spacial score (nSPS) is 12.3. The standard InChI is InChI=1S/C14H22N2O3S.ClH/c1-4-9-20(18,19)13-8-6-5-7-12(13)14(17)16-10-11(2)15-3;/h5-8,11,15H,4,9-10H2,1-3H3,(H,16,17);1H. The highest BCUT2D eigenvalue weighted by Crippen LogP contribution is 2.17. The highest BCUT2D eigenvalue weighted by molar-refractivity contribution is 7.91. The van der Waals surface area contributed by atoms with Crippen molar-refractivity contribution in [2.24, 2.45) is 0 Å². The number of carbonyl (C=O) groups is 1. The first-order valence-corrected chi connectivity index (χ1v) is 8.34. The van der Waals surface area contributed by atoms with E-state index in [1.54, 1.807) is 32.2 Å². The van der Waals surface area contributed by atoms with Gasteiger partial charge in [0.2, 0.25) is 0 Å². The van der Waals surface area contributed by atoms with Crippen molar-refractivity contribution in [3.8, 4) is 0 Å². The minimum absolute atomic E-state index is 0. The summed E-state index contributed by atoms with van der Waals surface area (Å²) in [5.74, 6) is -0.313. The van der Waals surface area contributed by atoms with Crippen molar-refractivity contribution in [2.45, 2.75) is 31.2 Å². The number of likely N-dealkylation sites (N-methyl/N-ethyl adjacent to an activating group) is 1. The van der Waals surface area contributed by atoms with Crippen LogP contribution in [0.2, 0.25) is 0 Å². The van der Waals surface area contributed by atoms with E-state index in [-0.39, 0.29) is 40.6 Å². The maximum Gasteiger partial charge on any atom is 0.252 e. The molecule has 1 aromatic rings. The third kappa shape index (κ3) is 5.65. The summed E-state index contributed by atoms with van der Waals surface area (Å²) in [7, 11) is -1.60. The van der Waals surface area contributed by atoms with Crippen LogP contribution in [0, 0.1) is 0 Å². The van der Waals surface area contributed by atoms with Gasteiger partial charge in [-0.2, -0.15) is 0 Å². The Morgan fingerprint density at radius 3 is 2.48 bits per heavy atom. The lowest BCUT2D eigenvalue weighted by Crippen LogP contribution is -2.37. The van der Waals surface area contributed by atoms with Crippen LogP contribution in [0.3, 0.4) is 0 Å². The number of amides is 1. The van der Waals surface area contributed by atoms with Gasteiger partial charge in [-0.25, -0.2) is 8.42 Å². The summed E-state index contributed by atoms with van der Waals surface area (Å²) < 4.78 is 24.3. The second-order valence-corrected chi connectivity index (χ2v) is 6.79. The van der Waals surface area contributed by atoms with Gasteiger partial charge in [-0.05, 0) is 32.5 Å². The van der Waals surface area contributed by atoms with E-state index in [9.17, 15) is 13.2 Å². The first-order valence-electron chi connectivity index (χ1n) is 6.69. The van der Waals surface area contributed by atoms with Crippen molar-refractivity contribution in [1.29, 1.82) is 0 Å². The number of carbonyl (C=O) groups excluding carboxylic acids is 1. The quantitative estimate of drug-likeness (QED) is 0.794. The summed E-state index contributed by atoms with van der Waals surface area (Å²) in [6, 6.07) is 6.46.